The van der Waals surface area contributed by atoms with E-state index in [1.54, 1.807) is 7.11 Å². The molecule has 1 N–H and O–H groups in total. The molecule has 0 radical (unpaired) electrons. The molecule has 1 amide bonds. The van der Waals surface area contributed by atoms with Gasteiger partial charge in [-0.15, -0.1) is 0 Å². The van der Waals surface area contributed by atoms with Gasteiger partial charge in [0.2, 0.25) is 5.91 Å². The van der Waals surface area contributed by atoms with E-state index >= 15 is 0 Å². The van der Waals surface area contributed by atoms with Crippen molar-refractivity contribution < 1.29 is 9.53 Å². The molecule has 152 valence electrons. The normalized spacial score (nSPS) is 17.4. The van der Waals surface area contributed by atoms with E-state index in [0.29, 0.717) is 0 Å². The van der Waals surface area contributed by atoms with E-state index < -0.39 is 0 Å². The van der Waals surface area contributed by atoms with Gasteiger partial charge in [0.1, 0.15) is 12.3 Å². The zero-order chi connectivity index (χ0) is 20.2. The lowest BCUT2D eigenvalue weighted by molar-refractivity contribution is -0.122. The average Bonchev–Trinajstić information content (AvgIpc) is 3.16. The molecule has 6 heteroatoms. The van der Waals surface area contributed by atoms with Crippen LogP contribution in [0.2, 0.25) is 0 Å². The van der Waals surface area contributed by atoms with Crippen molar-refractivity contribution in [2.24, 2.45) is 0 Å². The van der Waals surface area contributed by atoms with Crippen molar-refractivity contribution in [3.63, 3.8) is 0 Å². The molecule has 1 atom stereocenters. The van der Waals surface area contributed by atoms with Crippen LogP contribution in [-0.2, 0) is 11.3 Å². The first kappa shape index (κ1) is 19.5. The van der Waals surface area contributed by atoms with Gasteiger partial charge < -0.3 is 19.5 Å². The fourth-order valence-electron chi connectivity index (χ4n) is 4.15. The maximum Gasteiger partial charge on any atom is 0.240 e. The minimum Gasteiger partial charge on any atom is -0.497 e. The third-order valence-electron chi connectivity index (χ3n) is 5.65. The molecule has 1 aromatic carbocycles. The number of aromatic nitrogens is 2. The Labute approximate surface area is 171 Å². The Morgan fingerprint density at radius 3 is 3.03 bits per heavy atom. The molecule has 0 aliphatic carbocycles. The van der Waals surface area contributed by atoms with E-state index in [0.717, 1.165) is 60.4 Å². The van der Waals surface area contributed by atoms with Crippen LogP contribution in [0.25, 0.3) is 22.2 Å². The summed E-state index contributed by atoms with van der Waals surface area (Å²) < 4.78 is 7.36. The predicted octanol–water partition coefficient (Wildman–Crippen LogP) is 3.31. The molecule has 0 spiro atoms. The molecular weight excluding hydrogens is 364 g/mol. The summed E-state index contributed by atoms with van der Waals surface area (Å²) in [6, 6.07) is 12.1. The number of likely N-dealkylation sites (tertiary alicyclic amines) is 1. The van der Waals surface area contributed by atoms with Crippen molar-refractivity contribution >= 4 is 16.8 Å². The molecule has 4 rings (SSSR count). The quantitative estimate of drug-likeness (QED) is 0.699. The number of benzene rings is 1. The van der Waals surface area contributed by atoms with E-state index in [2.05, 4.69) is 22.1 Å². The van der Waals surface area contributed by atoms with Crippen molar-refractivity contribution in [3.8, 4) is 17.0 Å². The monoisotopic (exact) mass is 392 g/mol. The topological polar surface area (TPSA) is 59.4 Å². The van der Waals surface area contributed by atoms with Crippen molar-refractivity contribution in [2.75, 3.05) is 26.7 Å². The molecule has 1 aliphatic heterocycles. The number of nitrogens with one attached hydrogen (secondary N) is 1. The van der Waals surface area contributed by atoms with Crippen LogP contribution in [-0.4, -0.2) is 53.1 Å². The van der Waals surface area contributed by atoms with E-state index in [4.69, 9.17) is 4.74 Å². The highest BCUT2D eigenvalue weighted by Crippen LogP contribution is 2.29. The molecule has 3 aromatic rings. The highest BCUT2D eigenvalue weighted by molar-refractivity contribution is 5.93. The summed E-state index contributed by atoms with van der Waals surface area (Å²) in [6.07, 6.45) is 5.96. The SMILES string of the molecule is CCN1CCCC(NC(=O)Cn2ccc3ccnc(-c4cccc(OC)c4)c32)C1. The number of nitrogens with zero attached hydrogens (tertiary/aromatic N) is 3. The van der Waals surface area contributed by atoms with E-state index in [-0.39, 0.29) is 18.5 Å². The third kappa shape index (κ3) is 4.27. The van der Waals surface area contributed by atoms with Crippen LogP contribution in [0, 0.1) is 0 Å². The summed E-state index contributed by atoms with van der Waals surface area (Å²) in [6.45, 7) is 5.55. The van der Waals surface area contributed by atoms with Gasteiger partial charge >= 0.3 is 0 Å². The van der Waals surface area contributed by atoms with Crippen LogP contribution in [0.4, 0.5) is 0 Å². The molecule has 0 saturated carbocycles. The summed E-state index contributed by atoms with van der Waals surface area (Å²) in [5, 5.41) is 4.29. The number of methoxy groups -OCH3 is 1. The van der Waals surface area contributed by atoms with Crippen molar-refractivity contribution in [1.82, 2.24) is 19.8 Å². The van der Waals surface area contributed by atoms with Crippen molar-refractivity contribution in [1.29, 1.82) is 0 Å². The smallest absolute Gasteiger partial charge is 0.240 e. The van der Waals surface area contributed by atoms with Crippen LogP contribution in [0.15, 0.2) is 48.8 Å². The molecule has 29 heavy (non-hydrogen) atoms. The zero-order valence-electron chi connectivity index (χ0n) is 17.1. The zero-order valence-corrected chi connectivity index (χ0v) is 17.1. The predicted molar refractivity (Wildman–Crippen MR) is 115 cm³/mol. The maximum atomic E-state index is 12.8. The van der Waals surface area contributed by atoms with Gasteiger partial charge in [-0.1, -0.05) is 19.1 Å². The minimum atomic E-state index is 0.0471. The van der Waals surface area contributed by atoms with Gasteiger partial charge in [-0.25, -0.2) is 0 Å². The number of amides is 1. The summed E-state index contributed by atoms with van der Waals surface area (Å²) in [5.41, 5.74) is 2.80. The second-order valence-corrected chi connectivity index (χ2v) is 7.57. The maximum absolute atomic E-state index is 12.8. The second-order valence-electron chi connectivity index (χ2n) is 7.57. The van der Waals surface area contributed by atoms with Crippen LogP contribution >= 0.6 is 0 Å². The first-order valence-electron chi connectivity index (χ1n) is 10.3. The Morgan fingerprint density at radius 2 is 2.21 bits per heavy atom. The Balaban J connectivity index is 1.57. The molecule has 1 unspecified atom stereocenters. The van der Waals surface area contributed by atoms with Crippen LogP contribution in [0.5, 0.6) is 5.75 Å². The van der Waals surface area contributed by atoms with Gasteiger partial charge in [-0.3, -0.25) is 9.78 Å². The third-order valence-corrected chi connectivity index (χ3v) is 5.65. The second kappa shape index (κ2) is 8.66. The molecular formula is C23H28N4O2. The lowest BCUT2D eigenvalue weighted by Crippen LogP contribution is -2.48. The molecule has 2 aromatic heterocycles. The van der Waals surface area contributed by atoms with Gasteiger partial charge in [0.15, 0.2) is 0 Å². The van der Waals surface area contributed by atoms with Crippen molar-refractivity contribution in [2.45, 2.75) is 32.4 Å². The Morgan fingerprint density at radius 1 is 1.31 bits per heavy atom. The van der Waals surface area contributed by atoms with Gasteiger partial charge in [-0.05, 0) is 50.2 Å². The van der Waals surface area contributed by atoms with E-state index in [1.807, 2.05) is 53.4 Å². The number of fused-ring (bicyclic) bond motifs is 1. The lowest BCUT2D eigenvalue weighted by Gasteiger charge is -2.32. The average molecular weight is 393 g/mol. The molecule has 1 saturated heterocycles. The number of hydrogen-bond donors (Lipinski definition) is 1. The standard InChI is InChI=1S/C23H28N4O2/c1-3-26-12-5-7-19(15-26)25-21(28)16-27-13-10-17-9-11-24-22(23(17)27)18-6-4-8-20(14-18)29-2/h4,6,8-11,13-14,19H,3,5,7,12,15-16H2,1-2H3,(H,25,28). The lowest BCUT2D eigenvalue weighted by atomic mass is 10.1. The highest BCUT2D eigenvalue weighted by atomic mass is 16.5. The number of pyridine rings is 1. The van der Waals surface area contributed by atoms with E-state index in [9.17, 15) is 4.79 Å². The van der Waals surface area contributed by atoms with Crippen LogP contribution in [0.3, 0.4) is 0 Å². The Kier molecular flexibility index (Phi) is 5.81. The highest BCUT2D eigenvalue weighted by Gasteiger charge is 2.21. The molecule has 6 nitrogen and oxygen atoms in total. The number of piperidine rings is 1. The molecule has 3 heterocycles. The summed E-state index contributed by atoms with van der Waals surface area (Å²) in [4.78, 5) is 19.8. The largest absolute Gasteiger partial charge is 0.497 e. The fourth-order valence-corrected chi connectivity index (χ4v) is 4.15. The van der Waals surface area contributed by atoms with Gasteiger partial charge in [0.05, 0.1) is 18.3 Å². The number of carbonyl (C=O) groups excluding carboxylic acids is 1. The number of rotatable bonds is 6. The Hall–Kier alpha value is -2.86. The summed E-state index contributed by atoms with van der Waals surface area (Å²) in [5.74, 6) is 0.834. The number of hydrogen-bond acceptors (Lipinski definition) is 4. The van der Waals surface area contributed by atoms with Crippen LogP contribution in [0.1, 0.15) is 19.8 Å². The Bertz CT molecular complexity index is 997. The van der Waals surface area contributed by atoms with Gasteiger partial charge in [-0.2, -0.15) is 0 Å². The van der Waals surface area contributed by atoms with Gasteiger partial charge in [0.25, 0.3) is 0 Å². The van der Waals surface area contributed by atoms with E-state index in [1.165, 1.54) is 0 Å². The van der Waals surface area contributed by atoms with Crippen molar-refractivity contribution in [3.05, 3.63) is 48.8 Å². The fraction of sp³-hybridized carbons (Fsp3) is 0.391. The molecule has 1 fully saturated rings. The van der Waals surface area contributed by atoms with Gasteiger partial charge in [0, 0.05) is 35.9 Å². The molecule has 1 aliphatic rings. The number of carbonyl (C=O) groups is 1. The summed E-state index contributed by atoms with van der Waals surface area (Å²) in [7, 11) is 1.66. The summed E-state index contributed by atoms with van der Waals surface area (Å²) >= 11 is 0. The first-order valence-corrected chi connectivity index (χ1v) is 10.3. The number of ether oxygens (including phenoxy) is 1. The number of likely N-dealkylation sites (N-methyl/N-ethyl adjacent to an activating group) is 1. The van der Waals surface area contributed by atoms with Crippen LogP contribution < -0.4 is 10.1 Å². The molecule has 0 bridgehead atoms. The minimum absolute atomic E-state index is 0.0471. The first-order chi connectivity index (χ1) is 14.2.